The molecule has 0 unspecified atom stereocenters. The molecule has 21 heavy (non-hydrogen) atoms. The summed E-state index contributed by atoms with van der Waals surface area (Å²) in [4.78, 5) is 18.8. The van der Waals surface area contributed by atoms with E-state index in [0.717, 1.165) is 31.6 Å². The number of rotatable bonds is 1. The fourth-order valence-electron chi connectivity index (χ4n) is 2.25. The predicted molar refractivity (Wildman–Crippen MR) is 85.4 cm³/mol. The molecule has 1 aliphatic heterocycles. The van der Waals surface area contributed by atoms with E-state index >= 15 is 0 Å². The lowest BCUT2D eigenvalue weighted by Gasteiger charge is -2.10. The number of benzene rings is 1. The Morgan fingerprint density at radius 3 is 2.67 bits per heavy atom. The van der Waals surface area contributed by atoms with Gasteiger partial charge in [0.2, 0.25) is 0 Å². The van der Waals surface area contributed by atoms with Gasteiger partial charge in [-0.3, -0.25) is 4.57 Å². The molecule has 0 atom stereocenters. The van der Waals surface area contributed by atoms with Gasteiger partial charge in [-0.05, 0) is 31.0 Å². The monoisotopic (exact) mass is 341 g/mol. The molecule has 0 N–H and O–H groups in total. The first-order valence-electron chi connectivity index (χ1n) is 6.60. The highest BCUT2D eigenvalue weighted by molar-refractivity contribution is 7.07. The zero-order valence-electron chi connectivity index (χ0n) is 11.1. The largest absolute Gasteiger partial charge is 0.346 e. The van der Waals surface area contributed by atoms with E-state index in [9.17, 15) is 4.79 Å². The third-order valence-electron chi connectivity index (χ3n) is 3.34. The van der Waals surface area contributed by atoms with Gasteiger partial charge in [-0.2, -0.15) is 4.99 Å². The van der Waals surface area contributed by atoms with Crippen LogP contribution in [0.1, 0.15) is 12.8 Å². The Morgan fingerprint density at radius 1 is 1.19 bits per heavy atom. The van der Waals surface area contributed by atoms with Gasteiger partial charge in [-0.15, -0.1) is 11.3 Å². The van der Waals surface area contributed by atoms with Gasteiger partial charge in [0.05, 0.1) is 10.0 Å². The molecule has 4 nitrogen and oxygen atoms in total. The molecule has 1 aromatic carbocycles. The van der Waals surface area contributed by atoms with Crippen molar-refractivity contribution in [2.24, 2.45) is 4.99 Å². The van der Waals surface area contributed by atoms with E-state index in [1.807, 2.05) is 22.2 Å². The van der Waals surface area contributed by atoms with Crippen LogP contribution in [-0.4, -0.2) is 28.6 Å². The standard InChI is InChI=1S/C14H13Cl2N3OS/c15-11-4-3-10(9-12(11)16)19-7-8-21-14(19)17-13(20)18-5-1-2-6-18/h3-4,7-9H,1-2,5-6H2. The first kappa shape index (κ1) is 14.6. The number of carbonyl (C=O) groups is 1. The molecule has 110 valence electrons. The molecular weight excluding hydrogens is 329 g/mol. The van der Waals surface area contributed by atoms with Crippen molar-refractivity contribution in [3.8, 4) is 5.69 Å². The first-order chi connectivity index (χ1) is 10.1. The fourth-order valence-corrected chi connectivity index (χ4v) is 3.25. The number of aromatic nitrogens is 1. The van der Waals surface area contributed by atoms with Crippen molar-refractivity contribution in [3.63, 3.8) is 0 Å². The van der Waals surface area contributed by atoms with Gasteiger partial charge in [-0.25, -0.2) is 4.79 Å². The van der Waals surface area contributed by atoms with E-state index in [0.29, 0.717) is 14.8 Å². The van der Waals surface area contributed by atoms with Crippen LogP contribution in [0.15, 0.2) is 34.8 Å². The summed E-state index contributed by atoms with van der Waals surface area (Å²) in [5.74, 6) is 0. The zero-order valence-corrected chi connectivity index (χ0v) is 13.5. The Morgan fingerprint density at radius 2 is 1.95 bits per heavy atom. The van der Waals surface area contributed by atoms with Gasteiger partial charge in [0.15, 0.2) is 4.80 Å². The Balaban J connectivity index is 1.96. The molecule has 1 saturated heterocycles. The van der Waals surface area contributed by atoms with Gasteiger partial charge < -0.3 is 4.90 Å². The van der Waals surface area contributed by atoms with Gasteiger partial charge in [0.25, 0.3) is 0 Å². The molecule has 3 rings (SSSR count). The maximum atomic E-state index is 12.1. The molecule has 1 aromatic heterocycles. The number of hydrogen-bond acceptors (Lipinski definition) is 2. The average molecular weight is 342 g/mol. The van der Waals surface area contributed by atoms with Crippen molar-refractivity contribution >= 4 is 40.6 Å². The Kier molecular flexibility index (Phi) is 4.33. The molecule has 2 heterocycles. The lowest BCUT2D eigenvalue weighted by Crippen LogP contribution is -2.27. The summed E-state index contributed by atoms with van der Waals surface area (Å²) >= 11 is 13.4. The summed E-state index contributed by atoms with van der Waals surface area (Å²) in [5.41, 5.74) is 0.832. The van der Waals surface area contributed by atoms with Gasteiger partial charge in [0.1, 0.15) is 0 Å². The summed E-state index contributed by atoms with van der Waals surface area (Å²) in [5, 5.41) is 2.87. The van der Waals surface area contributed by atoms with Crippen LogP contribution in [0.3, 0.4) is 0 Å². The van der Waals surface area contributed by atoms with Crippen LogP contribution < -0.4 is 4.80 Å². The highest BCUT2D eigenvalue weighted by Gasteiger charge is 2.17. The normalized spacial score (nSPS) is 15.7. The topological polar surface area (TPSA) is 37.6 Å². The second-order valence-electron chi connectivity index (χ2n) is 4.74. The van der Waals surface area contributed by atoms with Crippen LogP contribution in [0.2, 0.25) is 10.0 Å². The molecule has 1 fully saturated rings. The Labute approximate surface area is 136 Å². The molecule has 0 spiro atoms. The number of urea groups is 1. The zero-order chi connectivity index (χ0) is 14.8. The average Bonchev–Trinajstić information content (AvgIpc) is 3.13. The minimum atomic E-state index is -0.177. The van der Waals surface area contributed by atoms with E-state index in [4.69, 9.17) is 23.2 Å². The predicted octanol–water partition coefficient (Wildman–Crippen LogP) is 3.96. The van der Waals surface area contributed by atoms with E-state index in [-0.39, 0.29) is 6.03 Å². The van der Waals surface area contributed by atoms with Crippen LogP contribution in [0, 0.1) is 0 Å². The van der Waals surface area contributed by atoms with Crippen molar-refractivity contribution in [1.29, 1.82) is 0 Å². The SMILES string of the molecule is O=C(N=c1sccn1-c1ccc(Cl)c(Cl)c1)N1CCCC1. The smallest absolute Gasteiger partial charge is 0.323 e. The summed E-state index contributed by atoms with van der Waals surface area (Å²) in [6.07, 6.45) is 3.97. The maximum Gasteiger partial charge on any atom is 0.346 e. The van der Waals surface area contributed by atoms with E-state index in [1.165, 1.54) is 11.3 Å². The van der Waals surface area contributed by atoms with Crippen molar-refractivity contribution in [1.82, 2.24) is 9.47 Å². The van der Waals surface area contributed by atoms with Crippen LogP contribution in [0.25, 0.3) is 5.69 Å². The van der Waals surface area contributed by atoms with Gasteiger partial charge in [-0.1, -0.05) is 23.2 Å². The lowest BCUT2D eigenvalue weighted by atomic mass is 10.3. The molecule has 0 bridgehead atoms. The van der Waals surface area contributed by atoms with Crippen molar-refractivity contribution < 1.29 is 4.79 Å². The quantitative estimate of drug-likeness (QED) is 0.773. The van der Waals surface area contributed by atoms with Crippen molar-refractivity contribution in [2.75, 3.05) is 13.1 Å². The van der Waals surface area contributed by atoms with Crippen LogP contribution in [0.5, 0.6) is 0 Å². The van der Waals surface area contributed by atoms with E-state index in [1.54, 1.807) is 17.0 Å². The lowest BCUT2D eigenvalue weighted by molar-refractivity contribution is 0.218. The number of likely N-dealkylation sites (tertiary alicyclic amines) is 1. The molecule has 0 aliphatic carbocycles. The Hall–Kier alpha value is -1.30. The number of halogens is 2. The minimum Gasteiger partial charge on any atom is -0.323 e. The summed E-state index contributed by atoms with van der Waals surface area (Å²) < 4.78 is 1.83. The molecule has 0 radical (unpaired) electrons. The van der Waals surface area contributed by atoms with E-state index in [2.05, 4.69) is 4.99 Å². The van der Waals surface area contributed by atoms with Gasteiger partial charge >= 0.3 is 6.03 Å². The highest BCUT2D eigenvalue weighted by atomic mass is 35.5. The molecular formula is C14H13Cl2N3OS. The third-order valence-corrected chi connectivity index (χ3v) is 4.83. The number of carbonyl (C=O) groups excluding carboxylic acids is 1. The molecule has 1 aliphatic rings. The van der Waals surface area contributed by atoms with Crippen LogP contribution >= 0.6 is 34.5 Å². The maximum absolute atomic E-state index is 12.1. The third kappa shape index (κ3) is 3.15. The molecule has 7 heteroatoms. The van der Waals surface area contributed by atoms with Gasteiger partial charge in [0, 0.05) is 30.4 Å². The minimum absolute atomic E-state index is 0.177. The highest BCUT2D eigenvalue weighted by Crippen LogP contribution is 2.24. The number of nitrogens with zero attached hydrogens (tertiary/aromatic N) is 3. The number of thiazole rings is 1. The summed E-state index contributed by atoms with van der Waals surface area (Å²) in [7, 11) is 0. The fraction of sp³-hybridized carbons (Fsp3) is 0.286. The first-order valence-corrected chi connectivity index (χ1v) is 8.24. The second-order valence-corrected chi connectivity index (χ2v) is 6.43. The van der Waals surface area contributed by atoms with Crippen molar-refractivity contribution in [2.45, 2.75) is 12.8 Å². The second kappa shape index (κ2) is 6.22. The molecule has 2 aromatic rings. The molecule has 0 saturated carbocycles. The Bertz CT molecular complexity index is 732. The molecule has 2 amide bonds. The van der Waals surface area contributed by atoms with E-state index < -0.39 is 0 Å². The summed E-state index contributed by atoms with van der Waals surface area (Å²) in [6, 6.07) is 5.16. The van der Waals surface area contributed by atoms with Crippen LogP contribution in [-0.2, 0) is 0 Å². The van der Waals surface area contributed by atoms with Crippen LogP contribution in [0.4, 0.5) is 4.79 Å². The number of hydrogen-bond donors (Lipinski definition) is 0. The summed E-state index contributed by atoms with van der Waals surface area (Å²) in [6.45, 7) is 1.58. The number of amides is 2. The van der Waals surface area contributed by atoms with Crippen molar-refractivity contribution in [3.05, 3.63) is 44.6 Å².